The van der Waals surface area contributed by atoms with Gasteiger partial charge in [-0.2, -0.15) is 5.21 Å². The third-order valence-electron chi connectivity index (χ3n) is 7.59. The zero-order chi connectivity index (χ0) is 36.0. The van der Waals surface area contributed by atoms with Crippen LogP contribution in [0, 0.1) is 5.41 Å². The van der Waals surface area contributed by atoms with Crippen molar-refractivity contribution >= 4 is 35.8 Å². The summed E-state index contributed by atoms with van der Waals surface area (Å²) >= 11 is 0. The number of aromatic amines is 1. The molecule has 3 rings (SSSR count). The number of benzene rings is 1. The van der Waals surface area contributed by atoms with Gasteiger partial charge in [-0.05, 0) is 37.2 Å². The van der Waals surface area contributed by atoms with Crippen LogP contribution in [0.5, 0.6) is 0 Å². The van der Waals surface area contributed by atoms with Crippen LogP contribution in [-0.2, 0) is 46.5 Å². The quantitative estimate of drug-likeness (QED) is 0.123. The minimum Gasteiger partial charge on any atom is -0.481 e. The van der Waals surface area contributed by atoms with Crippen molar-refractivity contribution in [2.24, 2.45) is 5.41 Å². The molecule has 1 aromatic heterocycles. The average Bonchev–Trinajstić information content (AvgIpc) is 3.76. The number of likely N-dealkylation sites (tertiary alicyclic amines) is 1. The maximum absolute atomic E-state index is 14.0. The van der Waals surface area contributed by atoms with E-state index >= 15 is 0 Å². The first kappa shape index (κ1) is 38.1. The van der Waals surface area contributed by atoms with Gasteiger partial charge in [-0.3, -0.25) is 19.2 Å². The number of H-pyrrole nitrogens is 1. The molecular weight excluding hydrogens is 640 g/mol. The Morgan fingerprint density at radius 2 is 1.82 bits per heavy atom. The lowest BCUT2D eigenvalue weighted by molar-refractivity contribution is -0.145. The summed E-state index contributed by atoms with van der Waals surface area (Å²) in [6.45, 7) is 7.11. The number of nitrogens with one attached hydrogen (secondary N) is 4. The number of carbonyl (C=O) groups is 6. The Morgan fingerprint density at radius 1 is 1.08 bits per heavy atom. The maximum atomic E-state index is 14.0. The molecule has 1 aromatic carbocycles. The molecule has 0 radical (unpaired) electrons. The summed E-state index contributed by atoms with van der Waals surface area (Å²) in [4.78, 5) is 78.5. The number of rotatable bonds is 16. The number of esters is 1. The Morgan fingerprint density at radius 3 is 2.45 bits per heavy atom. The number of aromatic nitrogens is 4. The van der Waals surface area contributed by atoms with Crippen LogP contribution in [0.1, 0.15) is 64.8 Å². The average molecular weight is 685 g/mol. The van der Waals surface area contributed by atoms with Crippen LogP contribution in [0.4, 0.5) is 4.79 Å². The van der Waals surface area contributed by atoms with Crippen LogP contribution in [0.2, 0.25) is 0 Å². The Hall–Kier alpha value is -5.35. The van der Waals surface area contributed by atoms with Crippen LogP contribution >= 0.6 is 0 Å². The second kappa shape index (κ2) is 18.3. The summed E-state index contributed by atoms with van der Waals surface area (Å²) in [5, 5.41) is 30.9. The third-order valence-corrected chi connectivity index (χ3v) is 7.59. The van der Waals surface area contributed by atoms with Gasteiger partial charge >= 0.3 is 18.0 Å². The Labute approximate surface area is 283 Å². The molecule has 0 unspecified atom stereocenters. The number of tetrazole rings is 1. The Kier molecular flexibility index (Phi) is 14.2. The third kappa shape index (κ3) is 12.3. The van der Waals surface area contributed by atoms with Crippen LogP contribution in [0.15, 0.2) is 42.5 Å². The Bertz CT molecular complexity index is 1460. The van der Waals surface area contributed by atoms with Gasteiger partial charge in [0.25, 0.3) is 0 Å². The van der Waals surface area contributed by atoms with Crippen molar-refractivity contribution in [3.05, 3.63) is 53.9 Å². The number of carboxylic acid groups (broad SMARTS) is 1. The van der Waals surface area contributed by atoms with Gasteiger partial charge in [0.1, 0.15) is 24.7 Å². The molecular formula is C32H44N8O9. The van der Waals surface area contributed by atoms with Crippen molar-refractivity contribution in [1.29, 1.82) is 0 Å². The van der Waals surface area contributed by atoms with Gasteiger partial charge < -0.3 is 35.4 Å². The normalized spacial score (nSPS) is 16.3. The number of nitrogens with zero attached hydrogens (tertiary/aromatic N) is 4. The maximum Gasteiger partial charge on any atom is 0.408 e. The number of hydrogen-bond acceptors (Lipinski definition) is 11. The van der Waals surface area contributed by atoms with Crippen molar-refractivity contribution in [3.8, 4) is 0 Å². The number of aryl methyl sites for hydroxylation is 1. The topological polar surface area (TPSA) is 235 Å². The van der Waals surface area contributed by atoms with Crippen molar-refractivity contribution in [2.45, 2.75) is 90.6 Å². The molecule has 0 bridgehead atoms. The van der Waals surface area contributed by atoms with E-state index in [1.807, 2.05) is 0 Å². The number of aliphatic carboxylic acids is 1. The monoisotopic (exact) mass is 684 g/mol. The molecule has 49 heavy (non-hydrogen) atoms. The zero-order valence-electron chi connectivity index (χ0n) is 28.0. The van der Waals surface area contributed by atoms with Crippen molar-refractivity contribution < 1.29 is 43.3 Å². The van der Waals surface area contributed by atoms with Crippen LogP contribution < -0.4 is 16.0 Å². The standard InChI is InChI=1S/C32H44N8O9/c1-5-48-26(43)16-14-21(13-15-24-36-38-39-37-24)33-29(45)23-12-9-17-40(23)30(46)27(32(2,3)4)35-28(44)22(18-25(41)42)34-31(47)49-19-20-10-7-6-8-11-20/h6-8,10-11,14,16,21-23,27H,5,9,12-13,15,17-19H2,1-4H3,(H,33,45)(H,34,47)(H,35,44)(H,41,42)(H,36,37,38,39)/b16-14+/t21-,22-,23+,27+/m0/s1. The van der Waals surface area contributed by atoms with Gasteiger partial charge in [0.05, 0.1) is 13.0 Å². The summed E-state index contributed by atoms with van der Waals surface area (Å²) < 4.78 is 10.1. The summed E-state index contributed by atoms with van der Waals surface area (Å²) in [5.74, 6) is -3.46. The summed E-state index contributed by atoms with van der Waals surface area (Å²) in [7, 11) is 0. The highest BCUT2D eigenvalue weighted by molar-refractivity contribution is 5.95. The number of carbonyl (C=O) groups excluding carboxylic acids is 5. The van der Waals surface area contributed by atoms with Crippen LogP contribution in [0.3, 0.4) is 0 Å². The fourth-order valence-electron chi connectivity index (χ4n) is 5.10. The first-order valence-corrected chi connectivity index (χ1v) is 16.0. The van der Waals surface area contributed by atoms with Gasteiger partial charge in [0.2, 0.25) is 17.7 Å². The second-order valence-corrected chi connectivity index (χ2v) is 12.4. The van der Waals surface area contributed by atoms with E-state index in [2.05, 4.69) is 36.6 Å². The molecule has 1 saturated heterocycles. The molecule has 1 aliphatic rings. The number of ether oxygens (including phenoxy) is 2. The summed E-state index contributed by atoms with van der Waals surface area (Å²) in [6.07, 6.45) is 2.43. The van der Waals surface area contributed by atoms with E-state index in [1.54, 1.807) is 58.0 Å². The molecule has 4 amide bonds. The molecule has 1 aliphatic heterocycles. The van der Waals surface area contributed by atoms with E-state index in [4.69, 9.17) is 9.47 Å². The highest BCUT2D eigenvalue weighted by Crippen LogP contribution is 2.26. The number of amides is 4. The van der Waals surface area contributed by atoms with E-state index in [-0.39, 0.29) is 19.8 Å². The zero-order valence-corrected chi connectivity index (χ0v) is 28.0. The Balaban J connectivity index is 1.72. The number of carboxylic acids is 1. The SMILES string of the molecule is CCOC(=O)/C=C/[C@H](CCc1nn[nH]n1)NC(=O)[C@H]1CCCN1C(=O)[C@@H](NC(=O)[C@H](CC(=O)O)NC(=O)OCc1ccccc1)C(C)(C)C. The molecule has 4 atom stereocenters. The molecule has 17 nitrogen and oxygen atoms in total. The molecule has 0 spiro atoms. The number of hydrogen-bond donors (Lipinski definition) is 5. The van der Waals surface area contributed by atoms with E-state index in [1.165, 1.54) is 17.1 Å². The van der Waals surface area contributed by atoms with E-state index in [9.17, 15) is 33.9 Å². The lowest BCUT2D eigenvalue weighted by Crippen LogP contribution is -2.60. The predicted octanol–water partition coefficient (Wildman–Crippen LogP) is 1.03. The molecule has 5 N–H and O–H groups in total. The van der Waals surface area contributed by atoms with Crippen molar-refractivity contribution in [1.82, 2.24) is 41.5 Å². The first-order valence-electron chi connectivity index (χ1n) is 16.0. The van der Waals surface area contributed by atoms with Gasteiger partial charge in [-0.1, -0.05) is 62.4 Å². The van der Waals surface area contributed by atoms with Gasteiger partial charge in [0, 0.05) is 25.1 Å². The van der Waals surface area contributed by atoms with Crippen molar-refractivity contribution in [3.63, 3.8) is 0 Å². The lowest BCUT2D eigenvalue weighted by atomic mass is 9.85. The molecule has 17 heteroatoms. The lowest BCUT2D eigenvalue weighted by Gasteiger charge is -2.36. The fourth-order valence-corrected chi connectivity index (χ4v) is 5.10. The summed E-state index contributed by atoms with van der Waals surface area (Å²) in [6, 6.07) is 4.50. The molecule has 2 aromatic rings. The molecule has 0 saturated carbocycles. The molecule has 266 valence electrons. The van der Waals surface area contributed by atoms with Crippen LogP contribution in [0.25, 0.3) is 0 Å². The van der Waals surface area contributed by atoms with Crippen molar-refractivity contribution in [2.75, 3.05) is 13.2 Å². The van der Waals surface area contributed by atoms with Gasteiger partial charge in [-0.15, -0.1) is 10.2 Å². The minimum absolute atomic E-state index is 0.105. The predicted molar refractivity (Wildman–Crippen MR) is 172 cm³/mol. The molecule has 1 fully saturated rings. The highest BCUT2D eigenvalue weighted by Gasteiger charge is 2.43. The van der Waals surface area contributed by atoms with E-state index in [0.717, 1.165) is 0 Å². The van der Waals surface area contributed by atoms with Gasteiger partial charge in [-0.25, -0.2) is 9.59 Å². The van der Waals surface area contributed by atoms with Gasteiger partial charge in [0.15, 0.2) is 5.82 Å². The smallest absolute Gasteiger partial charge is 0.408 e. The minimum atomic E-state index is -1.55. The number of alkyl carbamates (subject to hydrolysis) is 1. The van der Waals surface area contributed by atoms with E-state index < -0.39 is 71.8 Å². The van der Waals surface area contributed by atoms with Crippen LogP contribution in [-0.4, -0.2) is 104 Å². The molecule has 0 aliphatic carbocycles. The highest BCUT2D eigenvalue weighted by atomic mass is 16.5. The second-order valence-electron chi connectivity index (χ2n) is 12.4. The first-order chi connectivity index (χ1) is 23.3. The van der Waals surface area contributed by atoms with E-state index in [0.29, 0.717) is 37.1 Å². The largest absolute Gasteiger partial charge is 0.481 e. The molecule has 2 heterocycles. The summed E-state index contributed by atoms with van der Waals surface area (Å²) in [5.41, 5.74) is -0.194. The fraction of sp³-hybridized carbons (Fsp3) is 0.531.